The van der Waals surface area contributed by atoms with Crippen molar-refractivity contribution in [1.82, 2.24) is 14.4 Å². The molecule has 168 valence electrons. The summed E-state index contributed by atoms with van der Waals surface area (Å²) in [6.07, 6.45) is 2.96. The molecule has 0 radical (unpaired) electrons. The van der Waals surface area contributed by atoms with Gasteiger partial charge in [-0.1, -0.05) is 23.7 Å². The largest absolute Gasteiger partial charge is 0.347 e. The number of hydrogen-bond donors (Lipinski definition) is 2. The van der Waals surface area contributed by atoms with Gasteiger partial charge in [-0.25, -0.2) is 0 Å². The number of halogens is 1. The summed E-state index contributed by atoms with van der Waals surface area (Å²) in [7, 11) is 0. The van der Waals surface area contributed by atoms with Gasteiger partial charge in [0.1, 0.15) is 0 Å². The van der Waals surface area contributed by atoms with Crippen molar-refractivity contribution in [3.05, 3.63) is 65.3 Å². The second-order valence-electron chi connectivity index (χ2n) is 8.02. The molecule has 1 aliphatic heterocycles. The molecule has 0 atom stereocenters. The Labute approximate surface area is 192 Å². The van der Waals surface area contributed by atoms with Crippen molar-refractivity contribution in [2.24, 2.45) is 5.73 Å². The number of rotatable bonds is 7. The Morgan fingerprint density at radius 3 is 2.56 bits per heavy atom. The number of carbonyl (C=O) groups excluding carboxylic acids is 2. The van der Waals surface area contributed by atoms with Gasteiger partial charge in [0, 0.05) is 55.4 Å². The minimum Gasteiger partial charge on any atom is -0.347 e. The van der Waals surface area contributed by atoms with E-state index in [2.05, 4.69) is 14.8 Å². The van der Waals surface area contributed by atoms with Crippen molar-refractivity contribution in [3.63, 3.8) is 0 Å². The van der Waals surface area contributed by atoms with Crippen LogP contribution in [-0.2, 0) is 11.3 Å². The van der Waals surface area contributed by atoms with E-state index in [0.29, 0.717) is 49.0 Å². The van der Waals surface area contributed by atoms with Crippen LogP contribution in [-0.4, -0.2) is 65.4 Å². The zero-order valence-electron chi connectivity index (χ0n) is 18.0. The van der Waals surface area contributed by atoms with Crippen LogP contribution in [0.25, 0.3) is 10.9 Å². The van der Waals surface area contributed by atoms with E-state index in [9.17, 15) is 9.59 Å². The lowest BCUT2D eigenvalue weighted by atomic mass is 10.1. The van der Waals surface area contributed by atoms with Gasteiger partial charge >= 0.3 is 0 Å². The SMILES string of the molecule is NCCCn1ccc2cc(C(=O)N3CCN(CC(=O)Nc4ccccc4Cl)CC3)ccc21. The number of carbonyl (C=O) groups is 2. The minimum absolute atomic E-state index is 0.0294. The Bertz CT molecular complexity index is 1100. The molecule has 1 fully saturated rings. The first-order chi connectivity index (χ1) is 15.5. The van der Waals surface area contributed by atoms with Crippen molar-refractivity contribution in [2.45, 2.75) is 13.0 Å². The first-order valence-electron chi connectivity index (χ1n) is 10.9. The predicted molar refractivity (Wildman–Crippen MR) is 128 cm³/mol. The van der Waals surface area contributed by atoms with Crippen LogP contribution in [0.2, 0.25) is 5.02 Å². The van der Waals surface area contributed by atoms with Gasteiger partial charge in [0.15, 0.2) is 0 Å². The van der Waals surface area contributed by atoms with Crippen LogP contribution in [0, 0.1) is 0 Å². The fourth-order valence-electron chi connectivity index (χ4n) is 4.04. The number of nitrogens with one attached hydrogen (secondary N) is 1. The molecule has 0 bridgehead atoms. The van der Waals surface area contributed by atoms with Crippen LogP contribution in [0.1, 0.15) is 16.8 Å². The van der Waals surface area contributed by atoms with Gasteiger partial charge in [0.2, 0.25) is 5.91 Å². The Hall–Kier alpha value is -2.87. The summed E-state index contributed by atoms with van der Waals surface area (Å²) in [6.45, 7) is 4.29. The number of benzene rings is 2. The van der Waals surface area contributed by atoms with Crippen LogP contribution in [0.3, 0.4) is 0 Å². The number of fused-ring (bicyclic) bond motifs is 1. The van der Waals surface area contributed by atoms with Crippen LogP contribution in [0.15, 0.2) is 54.7 Å². The summed E-state index contributed by atoms with van der Waals surface area (Å²) in [5.41, 5.74) is 8.04. The van der Waals surface area contributed by atoms with Crippen molar-refractivity contribution < 1.29 is 9.59 Å². The molecule has 32 heavy (non-hydrogen) atoms. The van der Waals surface area contributed by atoms with E-state index >= 15 is 0 Å². The van der Waals surface area contributed by atoms with E-state index in [1.165, 1.54) is 0 Å². The van der Waals surface area contributed by atoms with Crippen molar-refractivity contribution in [3.8, 4) is 0 Å². The van der Waals surface area contributed by atoms with E-state index in [1.807, 2.05) is 47.5 Å². The number of nitrogens with zero attached hydrogens (tertiary/aromatic N) is 3. The first-order valence-corrected chi connectivity index (χ1v) is 11.3. The van der Waals surface area contributed by atoms with E-state index in [4.69, 9.17) is 17.3 Å². The smallest absolute Gasteiger partial charge is 0.253 e. The van der Waals surface area contributed by atoms with Gasteiger partial charge in [-0.05, 0) is 49.4 Å². The Kier molecular flexibility index (Phi) is 7.09. The predicted octanol–water partition coefficient (Wildman–Crippen LogP) is 3.04. The van der Waals surface area contributed by atoms with Gasteiger partial charge in [-0.15, -0.1) is 0 Å². The topological polar surface area (TPSA) is 83.6 Å². The third-order valence-electron chi connectivity index (χ3n) is 5.80. The molecule has 7 nitrogen and oxygen atoms in total. The second-order valence-corrected chi connectivity index (χ2v) is 8.43. The lowest BCUT2D eigenvalue weighted by Gasteiger charge is -2.34. The molecule has 2 aromatic carbocycles. The maximum atomic E-state index is 13.0. The molecule has 0 spiro atoms. The quantitative estimate of drug-likeness (QED) is 0.576. The molecular weight excluding hydrogens is 426 g/mol. The van der Waals surface area contributed by atoms with E-state index in [0.717, 1.165) is 23.9 Å². The molecule has 4 rings (SSSR count). The summed E-state index contributed by atoms with van der Waals surface area (Å²) in [5, 5.41) is 4.42. The van der Waals surface area contributed by atoms with Crippen molar-refractivity contribution in [2.75, 3.05) is 44.6 Å². The van der Waals surface area contributed by atoms with Gasteiger partial charge in [-0.3, -0.25) is 14.5 Å². The number of nitrogens with two attached hydrogens (primary N) is 1. The molecule has 0 unspecified atom stereocenters. The zero-order valence-corrected chi connectivity index (χ0v) is 18.7. The average Bonchev–Trinajstić information content (AvgIpc) is 3.21. The Morgan fingerprint density at radius 2 is 1.81 bits per heavy atom. The first kappa shape index (κ1) is 22.3. The highest BCUT2D eigenvalue weighted by Gasteiger charge is 2.23. The molecule has 1 aliphatic rings. The lowest BCUT2D eigenvalue weighted by Crippen LogP contribution is -2.50. The molecule has 1 saturated heterocycles. The third-order valence-corrected chi connectivity index (χ3v) is 6.13. The number of amides is 2. The highest BCUT2D eigenvalue weighted by Crippen LogP contribution is 2.21. The summed E-state index contributed by atoms with van der Waals surface area (Å²) in [4.78, 5) is 29.3. The third kappa shape index (κ3) is 5.12. The summed E-state index contributed by atoms with van der Waals surface area (Å²) in [6, 6.07) is 15.1. The molecule has 1 aromatic heterocycles. The number of aryl methyl sites for hydroxylation is 1. The Morgan fingerprint density at radius 1 is 1.03 bits per heavy atom. The molecule has 0 saturated carbocycles. The van der Waals surface area contributed by atoms with Gasteiger partial charge in [0.05, 0.1) is 17.3 Å². The molecule has 3 N–H and O–H groups in total. The highest BCUT2D eigenvalue weighted by atomic mass is 35.5. The normalized spacial score (nSPS) is 14.6. The summed E-state index contributed by atoms with van der Waals surface area (Å²) >= 11 is 6.10. The monoisotopic (exact) mass is 453 g/mol. The fraction of sp³-hybridized carbons (Fsp3) is 0.333. The zero-order chi connectivity index (χ0) is 22.5. The lowest BCUT2D eigenvalue weighted by molar-refractivity contribution is -0.117. The van der Waals surface area contributed by atoms with Crippen LogP contribution in [0.4, 0.5) is 5.69 Å². The Balaban J connectivity index is 1.31. The molecule has 2 heterocycles. The number of hydrogen-bond acceptors (Lipinski definition) is 4. The highest BCUT2D eigenvalue weighted by molar-refractivity contribution is 6.33. The standard InChI is InChI=1S/C24H28ClN5O2/c25-20-4-1-2-5-21(20)27-23(31)17-28-12-14-30(15-13-28)24(32)19-6-7-22-18(16-19)8-11-29(22)10-3-9-26/h1-2,4-8,11,16H,3,9-10,12-15,17,26H2,(H,27,31). The molecular formula is C24H28ClN5O2. The molecule has 0 aliphatic carbocycles. The molecule has 3 aromatic rings. The van der Waals surface area contributed by atoms with Crippen LogP contribution < -0.4 is 11.1 Å². The van der Waals surface area contributed by atoms with Gasteiger partial charge in [0.25, 0.3) is 5.91 Å². The van der Waals surface area contributed by atoms with E-state index in [1.54, 1.807) is 12.1 Å². The van der Waals surface area contributed by atoms with Crippen molar-refractivity contribution >= 4 is 40.0 Å². The molecule has 2 amide bonds. The fourth-order valence-corrected chi connectivity index (χ4v) is 4.22. The summed E-state index contributed by atoms with van der Waals surface area (Å²) < 4.78 is 2.17. The van der Waals surface area contributed by atoms with Crippen LogP contribution in [0.5, 0.6) is 0 Å². The maximum absolute atomic E-state index is 13.0. The van der Waals surface area contributed by atoms with E-state index < -0.39 is 0 Å². The second kappa shape index (κ2) is 10.2. The van der Waals surface area contributed by atoms with Crippen molar-refractivity contribution in [1.29, 1.82) is 0 Å². The number of piperazine rings is 1. The molecule has 8 heteroatoms. The van der Waals surface area contributed by atoms with Crippen LogP contribution >= 0.6 is 11.6 Å². The van der Waals surface area contributed by atoms with Gasteiger partial charge < -0.3 is 20.5 Å². The van der Waals surface area contributed by atoms with E-state index in [-0.39, 0.29) is 18.4 Å². The average molecular weight is 454 g/mol. The number of para-hydroxylation sites is 1. The van der Waals surface area contributed by atoms with Gasteiger partial charge in [-0.2, -0.15) is 0 Å². The number of anilines is 1. The minimum atomic E-state index is -0.109. The summed E-state index contributed by atoms with van der Waals surface area (Å²) in [5.74, 6) is -0.0794. The maximum Gasteiger partial charge on any atom is 0.253 e. The number of aromatic nitrogens is 1.